The zero-order valence-corrected chi connectivity index (χ0v) is 57.2. The second kappa shape index (κ2) is 40.0. The van der Waals surface area contributed by atoms with E-state index in [-0.39, 0.29) is 62.3 Å². The van der Waals surface area contributed by atoms with Gasteiger partial charge >= 0.3 is 11.9 Å². The number of rotatable bonds is 27. The zero-order chi connectivity index (χ0) is 75.4. The van der Waals surface area contributed by atoms with Crippen LogP contribution in [0.4, 0.5) is 0 Å². The molecule has 0 aromatic heterocycles. The van der Waals surface area contributed by atoms with Crippen LogP contribution >= 0.6 is 23.5 Å². The van der Waals surface area contributed by atoms with Gasteiger partial charge in [0.2, 0.25) is 0 Å². The highest BCUT2D eigenvalue weighted by atomic mass is 32.2. The fourth-order valence-corrected chi connectivity index (χ4v) is 15.0. The van der Waals surface area contributed by atoms with Gasteiger partial charge in [0.05, 0.1) is 77.6 Å². The van der Waals surface area contributed by atoms with Gasteiger partial charge in [-0.1, -0.05) is 0 Å². The molecule has 21 aliphatic rings. The minimum Gasteiger partial charge on any atom is -0.481 e. The van der Waals surface area contributed by atoms with Gasteiger partial charge in [0.25, 0.3) is 0 Å². The van der Waals surface area contributed by atoms with Crippen LogP contribution in [0.15, 0.2) is 0 Å². The van der Waals surface area contributed by atoms with E-state index in [9.17, 15) is 126 Å². The average molecular weight is 1540 g/mol. The number of ketones is 2. The minimum absolute atomic E-state index is 0.0645. The molecule has 103 heavy (non-hydrogen) atoms. The summed E-state index contributed by atoms with van der Waals surface area (Å²) in [5, 5.41) is 239. The summed E-state index contributed by atoms with van der Waals surface area (Å²) in [7, 11) is 1.35. The zero-order valence-electron chi connectivity index (χ0n) is 55.5. The Hall–Kier alpha value is -2.46. The first-order chi connectivity index (χ1) is 49.0. The van der Waals surface area contributed by atoms with E-state index >= 15 is 0 Å². The SMILES string of the molecule is CN[C@H](CSCC1O[C@H]2O[C@H]3C(CO)O[C@H](O[C@@H]4C(CO)O[C@H](O[C@@H]5C(CO)O[C@H](O[C@@H]6C(CSC[C@@H](CC(=O)CCOCCOCCC(C)=O)C(=O)O)O[C@H](O[C@@H]7C(CO)O[C@@H](O[C@@H]8C(CO)O[C@@H](O[C@@H]1[C@H](O)C2O)C(O)[C@H]8O)C(O)[C@H]7O)C(O)[C@H]6O)C(O)[C@H]5O)C(O)[C@H]4O)C(O)[C@H]3O)C(=O)O. The fourth-order valence-electron chi connectivity index (χ4n) is 12.6. The Morgan fingerprint density at radius 2 is 0.602 bits per heavy atom. The standard InChI is InChI=1S/C59H97NO41S2/c1-19(66)3-5-86-7-8-87-6-4-21(67)9-20(51(82)83)15-102-17-28-49-35(73)42(80)58(93-28)98-47-26(13-64)89-55(38(76)31(47)69)97-46-25(12-63)92-57(41(79)34(46)72)101-50-29(18-103-16-22(60-2)52(84)85)94-59(43(81)36(50)74)99-48-27(14-65)90-54(39(77)32(48)70)95-44-23(10-61)88-53(37(75)30(44)68)96-45-24(11-62)91-56(100-49)40(78)33(45)71/h20,22-50,53-65,68-81H,3-18H2,1-2H3,(H,82,83)(H,84,85)/t20-,22-,23?,24?,25?,26?,27?,28?,29?,30-,31-,32-,33-,34-,35-,36-,37?,38?,39?,40?,41?,42?,43?,44-,45-,46-,47-,48+,49-,50+,53-,54-,55+,56-,57+,58-,59+/m1/s1. The van der Waals surface area contributed by atoms with Crippen molar-refractivity contribution in [2.24, 2.45) is 5.92 Å². The molecule has 14 unspecified atom stereocenters. The number of carboxylic acid groups (broad SMARTS) is 2. The van der Waals surface area contributed by atoms with E-state index in [1.165, 1.54) is 14.0 Å². The van der Waals surface area contributed by atoms with Crippen LogP contribution in [0, 0.1) is 5.92 Å². The molecule has 21 saturated heterocycles. The van der Waals surface area contributed by atoms with Gasteiger partial charge < -0.3 is 188 Å². The van der Waals surface area contributed by atoms with Crippen LogP contribution < -0.4 is 5.32 Å². The summed E-state index contributed by atoms with van der Waals surface area (Å²) < 4.78 is 93.3. The van der Waals surface area contributed by atoms with E-state index in [1.54, 1.807) is 0 Å². The maximum atomic E-state index is 13.0. The van der Waals surface area contributed by atoms with E-state index in [0.29, 0.717) is 0 Å². The van der Waals surface area contributed by atoms with Crippen LogP contribution in [-0.2, 0) is 95.0 Å². The van der Waals surface area contributed by atoms with Crippen molar-refractivity contribution in [3.8, 4) is 0 Å². The topological polar surface area (TPSA) is 653 Å². The molecule has 0 aliphatic carbocycles. The summed E-state index contributed by atoms with van der Waals surface area (Å²) >= 11 is 1.66. The summed E-state index contributed by atoms with van der Waals surface area (Å²) in [6.45, 7) is -3.91. The molecule has 0 amide bonds. The summed E-state index contributed by atoms with van der Waals surface area (Å²) in [6, 6.07) is -1.18. The number of nitrogens with one attached hydrogen (secondary N) is 1. The van der Waals surface area contributed by atoms with Gasteiger partial charge in [-0.2, -0.15) is 23.5 Å². The number of aliphatic carboxylic acids is 2. The molecule has 44 heteroatoms. The van der Waals surface area contributed by atoms with Crippen molar-refractivity contribution in [1.82, 2.24) is 5.32 Å². The van der Waals surface area contributed by atoms with Gasteiger partial charge in [0.1, 0.15) is 176 Å². The van der Waals surface area contributed by atoms with Gasteiger partial charge in [-0.25, -0.2) is 0 Å². The molecule has 22 N–H and O–H groups in total. The molecule has 0 aromatic carbocycles. The third-order valence-corrected chi connectivity index (χ3v) is 20.9. The molecule has 42 nitrogen and oxygen atoms in total. The second-order valence-electron chi connectivity index (χ2n) is 25.7. The van der Waals surface area contributed by atoms with Crippen molar-refractivity contribution < 1.29 is 202 Å². The molecule has 21 aliphatic heterocycles. The first kappa shape index (κ1) is 86.1. The molecule has 21 rings (SSSR count). The minimum atomic E-state index is -2.31. The van der Waals surface area contributed by atoms with Gasteiger partial charge in [0.15, 0.2) is 44.0 Å². The van der Waals surface area contributed by atoms with E-state index < -0.39 is 290 Å². The number of ether oxygens (including phenoxy) is 16. The maximum Gasteiger partial charge on any atom is 0.321 e. The third-order valence-electron chi connectivity index (χ3n) is 18.6. The lowest BCUT2D eigenvalue weighted by molar-refractivity contribution is -0.395. The first-order valence-corrected chi connectivity index (χ1v) is 35.5. The average Bonchev–Trinajstić information content (AvgIpc) is 0.785. The molecular formula is C59H97NO41S2. The summed E-state index contributed by atoms with van der Waals surface area (Å²) in [6.07, 6.45) is -73.1. The summed E-state index contributed by atoms with van der Waals surface area (Å²) in [5.41, 5.74) is 0. The Labute approximate surface area is 595 Å². The smallest absolute Gasteiger partial charge is 0.321 e. The van der Waals surface area contributed by atoms with Crippen LogP contribution in [0.2, 0.25) is 0 Å². The Balaban J connectivity index is 1.08. The quantitative estimate of drug-likeness (QED) is 0.0340. The predicted octanol–water partition coefficient (Wildman–Crippen LogP) is -13.0. The number of aliphatic hydroxyl groups excluding tert-OH is 19. The molecule has 21 heterocycles. The number of carbonyl (C=O) groups is 4. The van der Waals surface area contributed by atoms with Crippen LogP contribution in [0.5, 0.6) is 0 Å². The molecule has 596 valence electrons. The van der Waals surface area contributed by atoms with Crippen LogP contribution in [0.1, 0.15) is 26.2 Å². The Morgan fingerprint density at radius 3 is 0.845 bits per heavy atom. The lowest BCUT2D eigenvalue weighted by Gasteiger charge is -2.50. The lowest BCUT2D eigenvalue weighted by atomic mass is 9.95. The number of carboxylic acids is 2. The fraction of sp³-hybridized carbons (Fsp3) is 0.932. The Bertz CT molecular complexity index is 2610. The van der Waals surface area contributed by atoms with Gasteiger partial charge in [-0.3, -0.25) is 19.2 Å². The molecule has 0 aromatic rings. The molecule has 0 spiro atoms. The monoisotopic (exact) mass is 1540 g/mol. The molecular weight excluding hydrogens is 1440 g/mol. The largest absolute Gasteiger partial charge is 0.481 e. The number of likely N-dealkylation sites (N-methyl/N-ethyl adjacent to an activating group) is 1. The highest BCUT2D eigenvalue weighted by molar-refractivity contribution is 7.99. The third kappa shape index (κ3) is 21.0. The van der Waals surface area contributed by atoms with E-state index in [2.05, 4.69) is 5.32 Å². The van der Waals surface area contributed by atoms with E-state index in [1.807, 2.05) is 0 Å². The van der Waals surface area contributed by atoms with Gasteiger partial charge in [0, 0.05) is 42.3 Å². The summed E-state index contributed by atoms with van der Waals surface area (Å²) in [4.78, 5) is 48.7. The summed E-state index contributed by atoms with van der Waals surface area (Å²) in [5.74, 6) is -6.08. The number of thioether (sulfide) groups is 2. The van der Waals surface area contributed by atoms with Crippen molar-refractivity contribution >= 4 is 47.0 Å². The van der Waals surface area contributed by atoms with Crippen LogP contribution in [0.3, 0.4) is 0 Å². The van der Waals surface area contributed by atoms with Crippen LogP contribution in [0.25, 0.3) is 0 Å². The number of carbonyl (C=O) groups excluding carboxylic acids is 2. The predicted molar refractivity (Wildman–Crippen MR) is 332 cm³/mol. The van der Waals surface area contributed by atoms with Crippen molar-refractivity contribution in [1.29, 1.82) is 0 Å². The number of aliphatic hydroxyl groups is 19. The maximum absolute atomic E-state index is 13.0. The molecule has 37 atom stereocenters. The highest BCUT2D eigenvalue weighted by Gasteiger charge is 2.60. The van der Waals surface area contributed by atoms with Gasteiger partial charge in [-0.15, -0.1) is 0 Å². The molecule has 0 saturated carbocycles. The highest BCUT2D eigenvalue weighted by Crippen LogP contribution is 2.40. The molecule has 21 fully saturated rings. The number of Topliss-reactive ketones (excluding diaryl/α,β-unsaturated/α-hetero) is 2. The van der Waals surface area contributed by atoms with E-state index in [0.717, 1.165) is 23.5 Å². The Morgan fingerprint density at radius 1 is 0.350 bits per heavy atom. The van der Waals surface area contributed by atoms with Crippen molar-refractivity contribution in [2.75, 3.05) is 89.5 Å². The second-order valence-corrected chi connectivity index (χ2v) is 27.9. The lowest BCUT2D eigenvalue weighted by Crippen LogP contribution is -2.68. The molecule has 0 radical (unpaired) electrons. The number of hydrogen-bond donors (Lipinski definition) is 22. The molecule has 14 bridgehead atoms. The van der Waals surface area contributed by atoms with Crippen molar-refractivity contribution in [3.63, 3.8) is 0 Å². The van der Waals surface area contributed by atoms with E-state index in [4.69, 9.17) is 75.8 Å². The number of hydrogen-bond acceptors (Lipinski definition) is 42. The van der Waals surface area contributed by atoms with Crippen molar-refractivity contribution in [2.45, 2.75) is 247 Å². The van der Waals surface area contributed by atoms with Gasteiger partial charge in [-0.05, 0) is 14.0 Å². The van der Waals surface area contributed by atoms with Crippen molar-refractivity contribution in [3.05, 3.63) is 0 Å². The van der Waals surface area contributed by atoms with Crippen LogP contribution in [-0.4, -0.2) is 441 Å². The Kier molecular flexibility index (Phi) is 33.4. The first-order valence-electron chi connectivity index (χ1n) is 33.2. The normalized spacial score (nSPS) is 44.9.